The van der Waals surface area contributed by atoms with Gasteiger partial charge in [0.05, 0.1) is 19.1 Å². The molecule has 1 saturated heterocycles. The van der Waals surface area contributed by atoms with E-state index in [4.69, 9.17) is 15.2 Å². The van der Waals surface area contributed by atoms with E-state index in [1.54, 1.807) is 13.0 Å². The predicted octanol–water partition coefficient (Wildman–Crippen LogP) is 1.79. The molecule has 0 saturated carbocycles. The summed E-state index contributed by atoms with van der Waals surface area (Å²) in [5.74, 6) is 0.930. The average Bonchev–Trinajstić information content (AvgIpc) is 2.90. The highest BCUT2D eigenvalue weighted by molar-refractivity contribution is 7.89. The molecule has 2 N–H and O–H groups in total. The predicted molar refractivity (Wildman–Crippen MR) is 92.1 cm³/mol. The van der Waals surface area contributed by atoms with E-state index < -0.39 is 10.0 Å². The van der Waals surface area contributed by atoms with Gasteiger partial charge in [0.15, 0.2) is 11.5 Å². The zero-order valence-corrected chi connectivity index (χ0v) is 15.6. The number of hydrogen-bond donors (Lipinski definition) is 1. The number of benzene rings is 1. The number of halogens is 1. The van der Waals surface area contributed by atoms with Crippen molar-refractivity contribution in [3.8, 4) is 11.5 Å². The molecular weight excluding hydrogens is 340 g/mol. The third-order valence-corrected chi connectivity index (χ3v) is 6.30. The summed E-state index contributed by atoms with van der Waals surface area (Å²) >= 11 is 0. The third kappa shape index (κ3) is 3.74. The maximum atomic E-state index is 12.9. The second-order valence-electron chi connectivity index (χ2n) is 6.08. The van der Waals surface area contributed by atoms with Gasteiger partial charge in [-0.1, -0.05) is 6.92 Å². The highest BCUT2D eigenvalue weighted by Crippen LogP contribution is 2.37. The van der Waals surface area contributed by atoms with Gasteiger partial charge in [-0.25, -0.2) is 8.42 Å². The van der Waals surface area contributed by atoms with Crippen LogP contribution in [0.25, 0.3) is 0 Å². The van der Waals surface area contributed by atoms with E-state index in [1.165, 1.54) is 24.6 Å². The minimum Gasteiger partial charge on any atom is -0.493 e. The topological polar surface area (TPSA) is 81.9 Å². The molecule has 0 spiro atoms. The Hall–Kier alpha value is -1.02. The number of nitrogens with two attached hydrogens (primary N) is 1. The van der Waals surface area contributed by atoms with Crippen molar-refractivity contribution in [2.45, 2.75) is 25.2 Å². The van der Waals surface area contributed by atoms with Crippen LogP contribution in [0.1, 0.15) is 18.9 Å². The number of aryl methyl sites for hydroxylation is 1. The first-order chi connectivity index (χ1) is 10.3. The van der Waals surface area contributed by atoms with Crippen molar-refractivity contribution < 1.29 is 17.9 Å². The molecule has 0 radical (unpaired) electrons. The van der Waals surface area contributed by atoms with Gasteiger partial charge in [-0.3, -0.25) is 0 Å². The van der Waals surface area contributed by atoms with Gasteiger partial charge in [0, 0.05) is 19.2 Å². The monoisotopic (exact) mass is 364 g/mol. The molecule has 2 rings (SSSR count). The minimum absolute atomic E-state index is 0. The number of ether oxygens (including phenoxy) is 2. The summed E-state index contributed by atoms with van der Waals surface area (Å²) in [6, 6.07) is 3.21. The fraction of sp³-hybridized carbons (Fsp3) is 0.600. The van der Waals surface area contributed by atoms with Crippen molar-refractivity contribution in [3.63, 3.8) is 0 Å². The van der Waals surface area contributed by atoms with Crippen LogP contribution in [0, 0.1) is 12.3 Å². The minimum atomic E-state index is -3.57. The lowest BCUT2D eigenvalue weighted by atomic mass is 9.90. The average molecular weight is 365 g/mol. The lowest BCUT2D eigenvalue weighted by Crippen LogP contribution is -2.34. The summed E-state index contributed by atoms with van der Waals surface area (Å²) < 4.78 is 37.8. The fourth-order valence-electron chi connectivity index (χ4n) is 2.73. The van der Waals surface area contributed by atoms with Gasteiger partial charge in [0.1, 0.15) is 0 Å². The first kappa shape index (κ1) is 20.0. The van der Waals surface area contributed by atoms with E-state index in [1.807, 2.05) is 6.92 Å². The molecule has 132 valence electrons. The normalized spacial score (nSPS) is 21.8. The number of rotatable bonds is 5. The summed E-state index contributed by atoms with van der Waals surface area (Å²) in [7, 11) is -0.548. The smallest absolute Gasteiger partial charge is 0.243 e. The van der Waals surface area contributed by atoms with Gasteiger partial charge in [0.2, 0.25) is 10.0 Å². The van der Waals surface area contributed by atoms with Crippen LogP contribution < -0.4 is 15.2 Å². The molecule has 8 heteroatoms. The number of methoxy groups -OCH3 is 2. The molecule has 0 aliphatic carbocycles. The lowest BCUT2D eigenvalue weighted by molar-refractivity contribution is 0.347. The standard InChI is InChI=1S/C15H24N2O4S.ClH/c1-11-7-12(20-3)13(21-4)8-14(11)22(18,19)17-6-5-15(2,9-16)10-17;/h7-8H,5-6,9-10,16H2,1-4H3;1H. The molecule has 1 aliphatic heterocycles. The molecule has 1 aliphatic rings. The van der Waals surface area contributed by atoms with Gasteiger partial charge in [-0.2, -0.15) is 4.31 Å². The molecule has 1 aromatic carbocycles. The molecule has 1 unspecified atom stereocenters. The first-order valence-corrected chi connectivity index (χ1v) is 8.64. The lowest BCUT2D eigenvalue weighted by Gasteiger charge is -2.23. The molecule has 1 atom stereocenters. The maximum Gasteiger partial charge on any atom is 0.243 e. The Morgan fingerprint density at radius 2 is 1.83 bits per heavy atom. The molecular formula is C15H25ClN2O4S. The van der Waals surface area contributed by atoms with E-state index in [9.17, 15) is 8.42 Å². The van der Waals surface area contributed by atoms with Crippen LogP contribution in [0.15, 0.2) is 17.0 Å². The third-order valence-electron chi connectivity index (χ3n) is 4.31. The molecule has 6 nitrogen and oxygen atoms in total. The highest BCUT2D eigenvalue weighted by Gasteiger charge is 2.39. The first-order valence-electron chi connectivity index (χ1n) is 7.20. The van der Waals surface area contributed by atoms with E-state index >= 15 is 0 Å². The summed E-state index contributed by atoms with van der Waals surface area (Å²) in [6.07, 6.45) is 0.773. The van der Waals surface area contributed by atoms with Crippen molar-refractivity contribution in [3.05, 3.63) is 17.7 Å². The highest BCUT2D eigenvalue weighted by atomic mass is 35.5. The van der Waals surface area contributed by atoms with E-state index in [-0.39, 0.29) is 22.7 Å². The van der Waals surface area contributed by atoms with E-state index in [2.05, 4.69) is 0 Å². The molecule has 1 fully saturated rings. The molecule has 1 aromatic rings. The van der Waals surface area contributed by atoms with E-state index in [0.29, 0.717) is 36.7 Å². The van der Waals surface area contributed by atoms with Gasteiger partial charge >= 0.3 is 0 Å². The van der Waals surface area contributed by atoms with Gasteiger partial charge < -0.3 is 15.2 Å². The quantitative estimate of drug-likeness (QED) is 0.861. The van der Waals surface area contributed by atoms with Crippen molar-refractivity contribution in [1.29, 1.82) is 0 Å². The SMILES string of the molecule is COc1cc(C)c(S(=O)(=O)N2CCC(C)(CN)C2)cc1OC.Cl. The molecule has 23 heavy (non-hydrogen) atoms. The Kier molecular flexibility index (Phi) is 6.32. The Balaban J connectivity index is 0.00000264. The number of hydrogen-bond acceptors (Lipinski definition) is 5. The van der Waals surface area contributed by atoms with Gasteiger partial charge in [-0.05, 0) is 36.9 Å². The zero-order valence-electron chi connectivity index (χ0n) is 14.0. The Morgan fingerprint density at radius 1 is 1.26 bits per heavy atom. The summed E-state index contributed by atoms with van der Waals surface area (Å²) in [5, 5.41) is 0. The van der Waals surface area contributed by atoms with Crippen LogP contribution in [0.4, 0.5) is 0 Å². The largest absolute Gasteiger partial charge is 0.493 e. The summed E-state index contributed by atoms with van der Waals surface area (Å²) in [4.78, 5) is 0.256. The van der Waals surface area contributed by atoms with Crippen LogP contribution in [-0.4, -0.2) is 46.6 Å². The Labute approximate surface area is 144 Å². The molecule has 0 bridgehead atoms. The van der Waals surface area contributed by atoms with Gasteiger partial charge in [0.25, 0.3) is 0 Å². The number of sulfonamides is 1. The summed E-state index contributed by atoms with van der Waals surface area (Å²) in [5.41, 5.74) is 6.25. The zero-order chi connectivity index (χ0) is 16.5. The van der Waals surface area contributed by atoms with E-state index in [0.717, 1.165) is 6.42 Å². The molecule has 0 amide bonds. The second kappa shape index (κ2) is 7.25. The van der Waals surface area contributed by atoms with Crippen molar-refractivity contribution in [1.82, 2.24) is 4.31 Å². The van der Waals surface area contributed by atoms with Crippen LogP contribution in [0.2, 0.25) is 0 Å². The second-order valence-corrected chi connectivity index (χ2v) is 7.98. The summed E-state index contributed by atoms with van der Waals surface area (Å²) in [6.45, 7) is 5.18. The molecule has 1 heterocycles. The van der Waals surface area contributed by atoms with Gasteiger partial charge in [-0.15, -0.1) is 12.4 Å². The maximum absolute atomic E-state index is 12.9. The Morgan fingerprint density at radius 3 is 2.30 bits per heavy atom. The van der Waals surface area contributed by atoms with Crippen LogP contribution in [-0.2, 0) is 10.0 Å². The Bertz CT molecular complexity index is 666. The molecule has 0 aromatic heterocycles. The van der Waals surface area contributed by atoms with Crippen molar-refractivity contribution in [2.75, 3.05) is 33.9 Å². The van der Waals surface area contributed by atoms with Crippen molar-refractivity contribution in [2.24, 2.45) is 11.1 Å². The fourth-order valence-corrected chi connectivity index (χ4v) is 4.54. The van der Waals surface area contributed by atoms with Crippen LogP contribution in [0.5, 0.6) is 11.5 Å². The van der Waals surface area contributed by atoms with Crippen LogP contribution >= 0.6 is 12.4 Å². The van der Waals surface area contributed by atoms with Crippen LogP contribution in [0.3, 0.4) is 0 Å². The van der Waals surface area contributed by atoms with Crippen molar-refractivity contribution >= 4 is 22.4 Å². The number of nitrogens with zero attached hydrogens (tertiary/aromatic N) is 1.